The number of carbonyl (C=O) groups is 1. The molecule has 4 heteroatoms. The van der Waals surface area contributed by atoms with Crippen molar-refractivity contribution in [1.29, 1.82) is 0 Å². The van der Waals surface area contributed by atoms with E-state index in [1.54, 1.807) is 0 Å². The summed E-state index contributed by atoms with van der Waals surface area (Å²) in [5, 5.41) is 0. The van der Waals surface area contributed by atoms with Gasteiger partial charge >= 0.3 is 5.97 Å². The summed E-state index contributed by atoms with van der Waals surface area (Å²) in [6.45, 7) is 11.6. The fourth-order valence-corrected chi connectivity index (χ4v) is 2.50. The van der Waals surface area contributed by atoms with Crippen molar-refractivity contribution in [3.05, 3.63) is 48.6 Å². The molecule has 0 heterocycles. The van der Waals surface area contributed by atoms with E-state index in [2.05, 4.69) is 37.5 Å². The van der Waals surface area contributed by atoms with E-state index in [1.165, 1.54) is 11.6 Å². The average molecular weight is 295 g/mol. The van der Waals surface area contributed by atoms with Crippen LogP contribution in [-0.4, -0.2) is 30.1 Å². The molecule has 0 aliphatic heterocycles. The lowest BCUT2D eigenvalue weighted by molar-refractivity contribution is -0.147. The van der Waals surface area contributed by atoms with Crippen LogP contribution in [0, 0.1) is 0 Å². The second kappa shape index (κ2) is 10.1. The molecule has 2 unspecified atom stereocenters. The van der Waals surface area contributed by atoms with Crippen LogP contribution in [0.3, 0.4) is 0 Å². The molecule has 0 aliphatic rings. The second-order valence-corrected chi connectivity index (χ2v) is 4.66. The number of rotatable bonds is 8. The molecule has 0 spiro atoms. The number of nitrogens with zero attached hydrogens (tertiary/aromatic N) is 1. The SMILES string of the molecule is C=CC(=O)OC(CC)C(c1ccccc1)N(CC)CC.F. The van der Waals surface area contributed by atoms with Crippen LogP contribution in [0.5, 0.6) is 0 Å². The van der Waals surface area contributed by atoms with Gasteiger partial charge in [-0.05, 0) is 25.1 Å². The maximum Gasteiger partial charge on any atom is 0.330 e. The number of esters is 1. The van der Waals surface area contributed by atoms with Crippen LogP contribution in [0.4, 0.5) is 4.70 Å². The van der Waals surface area contributed by atoms with Gasteiger partial charge in [0.05, 0.1) is 6.04 Å². The molecule has 0 radical (unpaired) electrons. The monoisotopic (exact) mass is 295 g/mol. The molecule has 2 atom stereocenters. The molecule has 1 aromatic rings. The van der Waals surface area contributed by atoms with Crippen molar-refractivity contribution >= 4 is 5.97 Å². The van der Waals surface area contributed by atoms with Gasteiger partial charge in [0.25, 0.3) is 0 Å². The highest BCUT2D eigenvalue weighted by molar-refractivity contribution is 5.81. The summed E-state index contributed by atoms with van der Waals surface area (Å²) >= 11 is 0. The minimum atomic E-state index is -0.357. The zero-order valence-electron chi connectivity index (χ0n) is 13.1. The lowest BCUT2D eigenvalue weighted by Gasteiger charge is -2.35. The van der Waals surface area contributed by atoms with Gasteiger partial charge in [0.15, 0.2) is 0 Å². The highest BCUT2D eigenvalue weighted by Crippen LogP contribution is 2.28. The minimum absolute atomic E-state index is 0. The van der Waals surface area contributed by atoms with Gasteiger partial charge in [-0.1, -0.05) is 57.7 Å². The Kier molecular flexibility index (Phi) is 9.30. The highest BCUT2D eigenvalue weighted by atomic mass is 19.0. The molecule has 3 nitrogen and oxygen atoms in total. The van der Waals surface area contributed by atoms with Crippen LogP contribution in [0.25, 0.3) is 0 Å². The molecule has 118 valence electrons. The molecule has 0 fully saturated rings. The molecule has 0 N–H and O–H groups in total. The number of hydrogen-bond acceptors (Lipinski definition) is 3. The first kappa shape index (κ1) is 19.3. The third-order valence-electron chi connectivity index (χ3n) is 3.54. The first-order chi connectivity index (χ1) is 9.67. The normalized spacial score (nSPS) is 13.1. The first-order valence-corrected chi connectivity index (χ1v) is 7.29. The largest absolute Gasteiger partial charge is 0.457 e. The van der Waals surface area contributed by atoms with Gasteiger partial charge in [-0.3, -0.25) is 9.60 Å². The Morgan fingerprint density at radius 2 is 1.81 bits per heavy atom. The van der Waals surface area contributed by atoms with Crippen molar-refractivity contribution in [1.82, 2.24) is 4.90 Å². The number of halogens is 1. The van der Waals surface area contributed by atoms with E-state index >= 15 is 0 Å². The summed E-state index contributed by atoms with van der Waals surface area (Å²) in [6, 6.07) is 10.3. The van der Waals surface area contributed by atoms with Gasteiger partial charge < -0.3 is 4.74 Å². The van der Waals surface area contributed by atoms with Crippen LogP contribution >= 0.6 is 0 Å². The van der Waals surface area contributed by atoms with Gasteiger partial charge in [0.1, 0.15) is 6.10 Å². The summed E-state index contributed by atoms with van der Waals surface area (Å²) < 4.78 is 5.55. The van der Waals surface area contributed by atoms with E-state index in [-0.39, 0.29) is 22.8 Å². The molecule has 0 bridgehead atoms. The fourth-order valence-electron chi connectivity index (χ4n) is 2.50. The molecule has 21 heavy (non-hydrogen) atoms. The van der Waals surface area contributed by atoms with Crippen molar-refractivity contribution in [2.45, 2.75) is 39.3 Å². The van der Waals surface area contributed by atoms with E-state index in [1.807, 2.05) is 25.1 Å². The van der Waals surface area contributed by atoms with E-state index < -0.39 is 0 Å². The molecule has 1 rings (SSSR count). The van der Waals surface area contributed by atoms with Crippen molar-refractivity contribution < 1.29 is 14.2 Å². The lowest BCUT2D eigenvalue weighted by Crippen LogP contribution is -2.38. The van der Waals surface area contributed by atoms with Crippen LogP contribution < -0.4 is 0 Å². The highest BCUT2D eigenvalue weighted by Gasteiger charge is 2.28. The van der Waals surface area contributed by atoms with E-state index in [9.17, 15) is 4.79 Å². The summed E-state index contributed by atoms with van der Waals surface area (Å²) in [5.41, 5.74) is 1.18. The Hall–Kier alpha value is -1.68. The van der Waals surface area contributed by atoms with Gasteiger partial charge in [-0.15, -0.1) is 0 Å². The topological polar surface area (TPSA) is 29.5 Å². The Morgan fingerprint density at radius 3 is 2.24 bits per heavy atom. The van der Waals surface area contributed by atoms with Crippen LogP contribution in [-0.2, 0) is 9.53 Å². The van der Waals surface area contributed by atoms with Crippen LogP contribution in [0.1, 0.15) is 38.8 Å². The Bertz CT molecular complexity index is 418. The number of carbonyl (C=O) groups excluding carboxylic acids is 1. The zero-order valence-corrected chi connectivity index (χ0v) is 13.1. The molecule has 0 saturated heterocycles. The Morgan fingerprint density at radius 1 is 1.24 bits per heavy atom. The maximum atomic E-state index is 11.6. The summed E-state index contributed by atoms with van der Waals surface area (Å²) in [7, 11) is 0. The predicted molar refractivity (Wildman–Crippen MR) is 85.0 cm³/mol. The van der Waals surface area contributed by atoms with Gasteiger partial charge in [0, 0.05) is 6.08 Å². The van der Waals surface area contributed by atoms with Gasteiger partial charge in [-0.25, -0.2) is 4.79 Å². The third-order valence-corrected chi connectivity index (χ3v) is 3.54. The maximum absolute atomic E-state index is 11.6. The number of ether oxygens (including phenoxy) is 1. The van der Waals surface area contributed by atoms with E-state index in [4.69, 9.17) is 4.74 Å². The second-order valence-electron chi connectivity index (χ2n) is 4.66. The summed E-state index contributed by atoms with van der Waals surface area (Å²) in [5.74, 6) is -0.357. The zero-order chi connectivity index (χ0) is 15.0. The molecule has 0 saturated carbocycles. The lowest BCUT2D eigenvalue weighted by atomic mass is 9.97. The van der Waals surface area contributed by atoms with Crippen molar-refractivity contribution in [3.8, 4) is 0 Å². The quantitative estimate of drug-likeness (QED) is 0.540. The molecule has 0 amide bonds. The number of hydrogen-bond donors (Lipinski definition) is 0. The third kappa shape index (κ3) is 5.31. The standard InChI is InChI=1S/C17H25NO2.FH/c1-5-15(20-16(19)6-2)17(18(7-3)8-4)14-12-10-9-11-13-14;/h6,9-13,15,17H,2,5,7-8H2,1,3-4H3;1H. The van der Waals surface area contributed by atoms with Crippen LogP contribution in [0.2, 0.25) is 0 Å². The minimum Gasteiger partial charge on any atom is -0.457 e. The number of likely N-dealkylation sites (N-methyl/N-ethyl adjacent to an activating group) is 1. The van der Waals surface area contributed by atoms with E-state index in [0.717, 1.165) is 19.5 Å². The first-order valence-electron chi connectivity index (χ1n) is 7.29. The molecular formula is C17H26FNO2. The number of benzene rings is 1. The summed E-state index contributed by atoms with van der Waals surface area (Å²) in [6.07, 6.45) is 1.84. The van der Waals surface area contributed by atoms with E-state index in [0.29, 0.717) is 0 Å². The van der Waals surface area contributed by atoms with Crippen molar-refractivity contribution in [2.75, 3.05) is 13.1 Å². The van der Waals surface area contributed by atoms with Crippen molar-refractivity contribution in [3.63, 3.8) is 0 Å². The molecule has 1 aromatic carbocycles. The smallest absolute Gasteiger partial charge is 0.330 e. The van der Waals surface area contributed by atoms with Crippen molar-refractivity contribution in [2.24, 2.45) is 0 Å². The van der Waals surface area contributed by atoms with Gasteiger partial charge in [-0.2, -0.15) is 0 Å². The summed E-state index contributed by atoms with van der Waals surface area (Å²) in [4.78, 5) is 13.9. The fraction of sp³-hybridized carbons (Fsp3) is 0.471. The molecule has 0 aromatic heterocycles. The van der Waals surface area contributed by atoms with Crippen LogP contribution in [0.15, 0.2) is 43.0 Å². The average Bonchev–Trinajstić information content (AvgIpc) is 2.51. The predicted octanol–water partition coefficient (Wildman–Crippen LogP) is 3.73. The van der Waals surface area contributed by atoms with Gasteiger partial charge in [0.2, 0.25) is 0 Å². The Balaban J connectivity index is 0.00000400. The molecule has 0 aliphatic carbocycles. The molecular weight excluding hydrogens is 269 g/mol. The Labute approximate surface area is 127 Å².